The fourth-order valence-electron chi connectivity index (χ4n) is 0.555. The van der Waals surface area contributed by atoms with Gasteiger partial charge in [0, 0.05) is 19.6 Å². The van der Waals surface area contributed by atoms with Crippen molar-refractivity contribution in [3.8, 4) is 0 Å². The molecule has 2 nitrogen and oxygen atoms in total. The van der Waals surface area contributed by atoms with Gasteiger partial charge in [-0.05, 0) is 0 Å². The lowest BCUT2D eigenvalue weighted by atomic mass is 10.4. The monoisotopic (exact) mass is 116 g/mol. The number of nitrogens with one attached hydrogen (secondary N) is 2. The molecule has 3 heteroatoms. The van der Waals surface area contributed by atoms with E-state index in [4.69, 9.17) is 12.2 Å². The zero-order valence-electron chi connectivity index (χ0n) is 4.03. The smallest absolute Gasteiger partial charge is 0.0894 e. The van der Waals surface area contributed by atoms with Gasteiger partial charge in [-0.2, -0.15) is 0 Å². The lowest BCUT2D eigenvalue weighted by molar-refractivity contribution is 0.684. The van der Waals surface area contributed by atoms with E-state index in [1.54, 1.807) is 0 Å². The number of hydrogen-bond donors (Lipinski definition) is 2. The highest BCUT2D eigenvalue weighted by Crippen LogP contribution is 1.74. The summed E-state index contributed by atoms with van der Waals surface area (Å²) in [7, 11) is 0. The van der Waals surface area contributed by atoms with Gasteiger partial charge in [0.25, 0.3) is 0 Å². The Kier molecular flexibility index (Phi) is 1.59. The van der Waals surface area contributed by atoms with E-state index in [-0.39, 0.29) is 0 Å². The zero-order chi connectivity index (χ0) is 5.11. The van der Waals surface area contributed by atoms with E-state index < -0.39 is 0 Å². The van der Waals surface area contributed by atoms with Gasteiger partial charge in [0.05, 0.1) is 4.99 Å². The van der Waals surface area contributed by atoms with Crippen molar-refractivity contribution in [2.45, 2.75) is 0 Å². The van der Waals surface area contributed by atoms with Crippen LogP contribution in [0.1, 0.15) is 0 Å². The molecule has 0 unspecified atom stereocenters. The van der Waals surface area contributed by atoms with Crippen LogP contribution in [0.15, 0.2) is 0 Å². The molecule has 0 saturated carbocycles. The maximum Gasteiger partial charge on any atom is 0.0894 e. The largest absolute Gasteiger partial charge is 0.377 e. The van der Waals surface area contributed by atoms with E-state index >= 15 is 0 Å². The van der Waals surface area contributed by atoms with Crippen LogP contribution in [-0.4, -0.2) is 24.6 Å². The second-order valence-electron chi connectivity index (χ2n) is 1.53. The molecular formula is C4H8N2S. The molecule has 7 heavy (non-hydrogen) atoms. The molecule has 1 fully saturated rings. The quantitative estimate of drug-likeness (QED) is 0.417. The summed E-state index contributed by atoms with van der Waals surface area (Å²) < 4.78 is 0. The Morgan fingerprint density at radius 1 is 1.43 bits per heavy atom. The highest BCUT2D eigenvalue weighted by Gasteiger charge is 1.98. The van der Waals surface area contributed by atoms with Gasteiger partial charge in [0.2, 0.25) is 0 Å². The van der Waals surface area contributed by atoms with Gasteiger partial charge in [-0.15, -0.1) is 0 Å². The summed E-state index contributed by atoms with van der Waals surface area (Å²) in [6.45, 7) is 2.88. The van der Waals surface area contributed by atoms with Crippen molar-refractivity contribution in [1.82, 2.24) is 10.6 Å². The van der Waals surface area contributed by atoms with Gasteiger partial charge in [0.15, 0.2) is 0 Å². The predicted molar refractivity (Wildman–Crippen MR) is 33.5 cm³/mol. The summed E-state index contributed by atoms with van der Waals surface area (Å²) in [6.07, 6.45) is 0. The Morgan fingerprint density at radius 2 is 2.29 bits per heavy atom. The first kappa shape index (κ1) is 5.00. The summed E-state index contributed by atoms with van der Waals surface area (Å²) in [4.78, 5) is 0.936. The molecule has 1 heterocycles. The first-order valence-electron chi connectivity index (χ1n) is 2.37. The first-order chi connectivity index (χ1) is 3.39. The van der Waals surface area contributed by atoms with Crippen LogP contribution in [0.2, 0.25) is 0 Å². The SMILES string of the molecule is S=C1CNCCN1. The molecule has 0 spiro atoms. The predicted octanol–water partition coefficient (Wildman–Crippen LogP) is -0.493. The van der Waals surface area contributed by atoms with Gasteiger partial charge in [-0.25, -0.2) is 0 Å². The van der Waals surface area contributed by atoms with E-state index in [0.717, 1.165) is 24.6 Å². The number of thiocarbonyl (C=S) groups is 1. The number of piperazine rings is 1. The van der Waals surface area contributed by atoms with Crippen LogP contribution in [-0.2, 0) is 0 Å². The minimum absolute atomic E-state index is 0.856. The summed E-state index contributed by atoms with van der Waals surface area (Å²) in [5.41, 5.74) is 0. The van der Waals surface area contributed by atoms with Gasteiger partial charge < -0.3 is 10.6 Å². The fourth-order valence-corrected chi connectivity index (χ4v) is 0.759. The van der Waals surface area contributed by atoms with Crippen LogP contribution in [0.4, 0.5) is 0 Å². The molecule has 0 aromatic rings. The van der Waals surface area contributed by atoms with Crippen LogP contribution in [0.3, 0.4) is 0 Å². The molecule has 0 radical (unpaired) electrons. The lowest BCUT2D eigenvalue weighted by Gasteiger charge is -2.14. The van der Waals surface area contributed by atoms with Crippen LogP contribution >= 0.6 is 12.2 Å². The van der Waals surface area contributed by atoms with Gasteiger partial charge in [-0.3, -0.25) is 0 Å². The summed E-state index contributed by atoms with van der Waals surface area (Å²) in [6, 6.07) is 0. The molecule has 0 atom stereocenters. The van der Waals surface area contributed by atoms with Crippen molar-refractivity contribution in [2.24, 2.45) is 0 Å². The van der Waals surface area contributed by atoms with Gasteiger partial charge >= 0.3 is 0 Å². The van der Waals surface area contributed by atoms with Crippen LogP contribution < -0.4 is 10.6 Å². The summed E-state index contributed by atoms with van der Waals surface area (Å²) in [5.74, 6) is 0. The third kappa shape index (κ3) is 1.41. The number of rotatable bonds is 0. The molecule has 0 aliphatic carbocycles. The highest BCUT2D eigenvalue weighted by molar-refractivity contribution is 7.80. The fraction of sp³-hybridized carbons (Fsp3) is 0.750. The molecule has 0 bridgehead atoms. The van der Waals surface area contributed by atoms with E-state index in [1.165, 1.54) is 0 Å². The topological polar surface area (TPSA) is 24.1 Å². The zero-order valence-corrected chi connectivity index (χ0v) is 4.85. The third-order valence-corrected chi connectivity index (χ3v) is 1.20. The molecule has 1 rings (SSSR count). The molecule has 0 aromatic heterocycles. The molecule has 1 aliphatic heterocycles. The standard InChI is InChI=1S/C4H8N2S/c7-4-3-5-1-2-6-4/h5H,1-3H2,(H,6,7). The average molecular weight is 116 g/mol. The van der Waals surface area contributed by atoms with Crippen LogP contribution in [0.25, 0.3) is 0 Å². The lowest BCUT2D eigenvalue weighted by Crippen LogP contribution is -2.43. The third-order valence-electron chi connectivity index (χ3n) is 0.910. The van der Waals surface area contributed by atoms with Crippen molar-refractivity contribution in [2.75, 3.05) is 19.6 Å². The Balaban J connectivity index is 2.25. The molecular weight excluding hydrogens is 108 g/mol. The first-order valence-corrected chi connectivity index (χ1v) is 2.78. The normalized spacial score (nSPS) is 21.4. The molecule has 1 saturated heterocycles. The maximum absolute atomic E-state index is 4.83. The van der Waals surface area contributed by atoms with E-state index in [9.17, 15) is 0 Å². The molecule has 2 N–H and O–H groups in total. The summed E-state index contributed by atoms with van der Waals surface area (Å²) in [5, 5.41) is 6.18. The maximum atomic E-state index is 4.83. The Labute approximate surface area is 48.3 Å². The molecule has 0 aromatic carbocycles. The Morgan fingerprint density at radius 3 is 2.57 bits per heavy atom. The minimum Gasteiger partial charge on any atom is -0.377 e. The van der Waals surface area contributed by atoms with E-state index in [1.807, 2.05) is 0 Å². The molecule has 1 aliphatic rings. The van der Waals surface area contributed by atoms with Crippen molar-refractivity contribution in [3.63, 3.8) is 0 Å². The van der Waals surface area contributed by atoms with Crippen molar-refractivity contribution >= 4 is 17.2 Å². The van der Waals surface area contributed by atoms with Crippen LogP contribution in [0.5, 0.6) is 0 Å². The Bertz CT molecular complexity index is 73.8. The van der Waals surface area contributed by atoms with Crippen LogP contribution in [0, 0.1) is 0 Å². The molecule has 40 valence electrons. The van der Waals surface area contributed by atoms with E-state index in [2.05, 4.69) is 10.6 Å². The number of hydrogen-bond acceptors (Lipinski definition) is 2. The van der Waals surface area contributed by atoms with Crippen molar-refractivity contribution in [3.05, 3.63) is 0 Å². The van der Waals surface area contributed by atoms with Crippen molar-refractivity contribution in [1.29, 1.82) is 0 Å². The minimum atomic E-state index is 0.856. The molecule has 0 amide bonds. The average Bonchev–Trinajstić information content (AvgIpc) is 1.69. The van der Waals surface area contributed by atoms with E-state index in [0.29, 0.717) is 0 Å². The second-order valence-corrected chi connectivity index (χ2v) is 2.02. The van der Waals surface area contributed by atoms with Crippen molar-refractivity contribution < 1.29 is 0 Å². The second kappa shape index (κ2) is 2.23. The van der Waals surface area contributed by atoms with Gasteiger partial charge in [0.1, 0.15) is 0 Å². The summed E-state index contributed by atoms with van der Waals surface area (Å²) >= 11 is 4.83. The highest BCUT2D eigenvalue weighted by atomic mass is 32.1. The van der Waals surface area contributed by atoms with Gasteiger partial charge in [-0.1, -0.05) is 12.2 Å². The Hall–Kier alpha value is -0.150.